The number of hydrogen-bond acceptors (Lipinski definition) is 4. The minimum Gasteiger partial charge on any atom is -0.496 e. The number of halogens is 1. The quantitative estimate of drug-likeness (QED) is 0.941. The number of hydrogen-bond donors (Lipinski definition) is 1. The molecule has 1 saturated heterocycles. The molecule has 23 heavy (non-hydrogen) atoms. The number of nitrogens with one attached hydrogen (secondary N) is 1. The molecule has 2 heterocycles. The minimum atomic E-state index is -0.602. The minimum absolute atomic E-state index is 0.0433. The van der Waals surface area contributed by atoms with Crippen LogP contribution in [0.1, 0.15) is 22.0 Å². The standard InChI is InChI=1S/C17H18FN3O2/c1-23-16-5-3-2-4-13(16)15-11-20-8-9-21(15)17(22)12-6-7-19-10-14(12)18/h2-7,10,15,20H,8-9,11H2,1H3. The normalized spacial score (nSPS) is 17.8. The molecule has 0 aliphatic carbocycles. The van der Waals surface area contributed by atoms with Gasteiger partial charge in [0.05, 0.1) is 24.9 Å². The molecular weight excluding hydrogens is 297 g/mol. The van der Waals surface area contributed by atoms with Gasteiger partial charge in [-0.25, -0.2) is 4.39 Å². The highest BCUT2D eigenvalue weighted by Gasteiger charge is 2.31. The lowest BCUT2D eigenvalue weighted by molar-refractivity contribution is 0.0626. The first kappa shape index (κ1) is 15.4. The molecule has 120 valence electrons. The highest BCUT2D eigenvalue weighted by Crippen LogP contribution is 2.31. The van der Waals surface area contributed by atoms with E-state index in [4.69, 9.17) is 4.74 Å². The summed E-state index contributed by atoms with van der Waals surface area (Å²) < 4.78 is 19.3. The molecular formula is C17H18FN3O2. The smallest absolute Gasteiger partial charge is 0.257 e. The lowest BCUT2D eigenvalue weighted by Crippen LogP contribution is -2.49. The van der Waals surface area contributed by atoms with Crippen LogP contribution in [0.3, 0.4) is 0 Å². The molecule has 0 radical (unpaired) electrons. The number of piperazine rings is 1. The van der Waals surface area contributed by atoms with Gasteiger partial charge in [-0.15, -0.1) is 0 Å². The molecule has 1 N–H and O–H groups in total. The second-order valence-electron chi connectivity index (χ2n) is 5.32. The Hall–Kier alpha value is -2.47. The van der Waals surface area contributed by atoms with Crippen LogP contribution in [0.2, 0.25) is 0 Å². The Kier molecular flexibility index (Phi) is 4.52. The number of benzene rings is 1. The van der Waals surface area contributed by atoms with Crippen LogP contribution in [-0.2, 0) is 0 Å². The van der Waals surface area contributed by atoms with Gasteiger partial charge in [-0.05, 0) is 12.1 Å². The van der Waals surface area contributed by atoms with E-state index in [1.54, 1.807) is 12.0 Å². The van der Waals surface area contributed by atoms with Crippen LogP contribution in [0.25, 0.3) is 0 Å². The average molecular weight is 315 g/mol. The average Bonchev–Trinajstić information content (AvgIpc) is 2.61. The molecule has 1 aromatic heterocycles. The Morgan fingerprint density at radius 2 is 2.22 bits per heavy atom. The Bertz CT molecular complexity index is 708. The van der Waals surface area contributed by atoms with Gasteiger partial charge in [0, 0.05) is 31.4 Å². The number of nitrogens with zero attached hydrogens (tertiary/aromatic N) is 2. The molecule has 1 aliphatic heterocycles. The summed E-state index contributed by atoms with van der Waals surface area (Å²) in [6, 6.07) is 8.79. The third kappa shape index (κ3) is 3.03. The van der Waals surface area contributed by atoms with Crippen molar-refractivity contribution in [3.05, 3.63) is 59.7 Å². The van der Waals surface area contributed by atoms with Gasteiger partial charge in [-0.1, -0.05) is 18.2 Å². The first-order valence-corrected chi connectivity index (χ1v) is 7.46. The lowest BCUT2D eigenvalue weighted by atomic mass is 10.0. The highest BCUT2D eigenvalue weighted by molar-refractivity contribution is 5.94. The number of ether oxygens (including phenoxy) is 1. The number of aromatic nitrogens is 1. The van der Waals surface area contributed by atoms with E-state index in [1.165, 1.54) is 12.3 Å². The predicted octanol–water partition coefficient (Wildman–Crippen LogP) is 2.02. The number of pyridine rings is 1. The predicted molar refractivity (Wildman–Crippen MR) is 83.8 cm³/mol. The van der Waals surface area contributed by atoms with Crippen LogP contribution >= 0.6 is 0 Å². The third-order valence-corrected chi connectivity index (χ3v) is 4.01. The van der Waals surface area contributed by atoms with Crippen molar-refractivity contribution in [1.29, 1.82) is 0 Å². The number of carbonyl (C=O) groups excluding carboxylic acids is 1. The number of amides is 1. The molecule has 1 unspecified atom stereocenters. The summed E-state index contributed by atoms with van der Waals surface area (Å²) in [6.45, 7) is 1.77. The van der Waals surface area contributed by atoms with Crippen LogP contribution in [-0.4, -0.2) is 42.5 Å². The van der Waals surface area contributed by atoms with Crippen LogP contribution in [0.4, 0.5) is 4.39 Å². The Balaban J connectivity index is 1.96. The van der Waals surface area contributed by atoms with E-state index in [2.05, 4.69) is 10.3 Å². The maximum Gasteiger partial charge on any atom is 0.257 e. The van der Waals surface area contributed by atoms with Crippen molar-refractivity contribution in [2.45, 2.75) is 6.04 Å². The molecule has 3 rings (SSSR count). The van der Waals surface area contributed by atoms with E-state index >= 15 is 0 Å². The maximum atomic E-state index is 13.9. The van der Waals surface area contributed by atoms with Crippen LogP contribution in [0.15, 0.2) is 42.7 Å². The van der Waals surface area contributed by atoms with E-state index in [-0.39, 0.29) is 17.5 Å². The summed E-state index contributed by atoms with van der Waals surface area (Å²) in [6.07, 6.45) is 2.49. The second-order valence-corrected chi connectivity index (χ2v) is 5.32. The number of methoxy groups -OCH3 is 1. The molecule has 1 amide bonds. The molecule has 0 spiro atoms. The largest absolute Gasteiger partial charge is 0.496 e. The fourth-order valence-electron chi connectivity index (χ4n) is 2.87. The van der Waals surface area contributed by atoms with Crippen molar-refractivity contribution in [2.75, 3.05) is 26.7 Å². The molecule has 1 fully saturated rings. The fourth-order valence-corrected chi connectivity index (χ4v) is 2.87. The molecule has 1 aromatic carbocycles. The van der Waals surface area contributed by atoms with Crippen molar-refractivity contribution >= 4 is 5.91 Å². The van der Waals surface area contributed by atoms with Gasteiger partial charge >= 0.3 is 0 Å². The van der Waals surface area contributed by atoms with Gasteiger partial charge in [-0.3, -0.25) is 9.78 Å². The molecule has 2 aromatic rings. The van der Waals surface area contributed by atoms with E-state index < -0.39 is 5.82 Å². The molecule has 5 nitrogen and oxygen atoms in total. The van der Waals surface area contributed by atoms with Gasteiger partial charge in [0.1, 0.15) is 5.75 Å². The van der Waals surface area contributed by atoms with Gasteiger partial charge in [0.15, 0.2) is 5.82 Å². The van der Waals surface area contributed by atoms with Crippen molar-refractivity contribution in [2.24, 2.45) is 0 Å². The Labute approximate surface area is 134 Å². The van der Waals surface area contributed by atoms with Gasteiger partial charge in [0.2, 0.25) is 0 Å². The lowest BCUT2D eigenvalue weighted by Gasteiger charge is -2.37. The zero-order chi connectivity index (χ0) is 16.2. The molecule has 0 bridgehead atoms. The van der Waals surface area contributed by atoms with E-state index in [1.807, 2.05) is 24.3 Å². The van der Waals surface area contributed by atoms with Crippen molar-refractivity contribution in [3.63, 3.8) is 0 Å². The van der Waals surface area contributed by atoms with Crippen LogP contribution < -0.4 is 10.1 Å². The Morgan fingerprint density at radius 3 is 3.00 bits per heavy atom. The summed E-state index contributed by atoms with van der Waals surface area (Å²) in [5.41, 5.74) is 0.951. The summed E-state index contributed by atoms with van der Waals surface area (Å²) in [4.78, 5) is 18.2. The first-order chi connectivity index (χ1) is 11.2. The summed E-state index contributed by atoms with van der Waals surface area (Å²) in [7, 11) is 1.60. The zero-order valence-electron chi connectivity index (χ0n) is 12.8. The highest BCUT2D eigenvalue weighted by atomic mass is 19.1. The summed E-state index contributed by atoms with van der Waals surface area (Å²) >= 11 is 0. The number of para-hydroxylation sites is 1. The van der Waals surface area contributed by atoms with E-state index in [0.29, 0.717) is 25.4 Å². The van der Waals surface area contributed by atoms with Crippen molar-refractivity contribution in [1.82, 2.24) is 15.2 Å². The summed E-state index contributed by atoms with van der Waals surface area (Å²) in [5.74, 6) is -0.216. The first-order valence-electron chi connectivity index (χ1n) is 7.46. The number of rotatable bonds is 3. The Morgan fingerprint density at radius 1 is 1.39 bits per heavy atom. The number of carbonyl (C=O) groups is 1. The zero-order valence-corrected chi connectivity index (χ0v) is 12.8. The SMILES string of the molecule is COc1ccccc1C1CNCCN1C(=O)c1ccncc1F. The molecule has 1 aliphatic rings. The van der Waals surface area contributed by atoms with E-state index in [9.17, 15) is 9.18 Å². The fraction of sp³-hybridized carbons (Fsp3) is 0.294. The van der Waals surface area contributed by atoms with Gasteiger partial charge < -0.3 is 15.0 Å². The molecule has 1 atom stereocenters. The van der Waals surface area contributed by atoms with Crippen LogP contribution in [0, 0.1) is 5.82 Å². The molecule has 6 heteroatoms. The van der Waals surface area contributed by atoms with Crippen molar-refractivity contribution in [3.8, 4) is 5.75 Å². The summed E-state index contributed by atoms with van der Waals surface area (Å²) in [5, 5.41) is 3.28. The second kappa shape index (κ2) is 6.75. The van der Waals surface area contributed by atoms with Crippen molar-refractivity contribution < 1.29 is 13.9 Å². The maximum absolute atomic E-state index is 13.9. The third-order valence-electron chi connectivity index (χ3n) is 4.01. The van der Waals surface area contributed by atoms with Gasteiger partial charge in [0.25, 0.3) is 5.91 Å². The van der Waals surface area contributed by atoms with Crippen LogP contribution in [0.5, 0.6) is 5.75 Å². The topological polar surface area (TPSA) is 54.5 Å². The van der Waals surface area contributed by atoms with E-state index in [0.717, 1.165) is 11.8 Å². The molecule has 0 saturated carbocycles. The monoisotopic (exact) mass is 315 g/mol. The van der Waals surface area contributed by atoms with Gasteiger partial charge in [-0.2, -0.15) is 0 Å².